The molecule has 0 bridgehead atoms. The van der Waals surface area contributed by atoms with Gasteiger partial charge in [-0.25, -0.2) is 9.07 Å². The number of nitrogens with zero attached hydrogens (tertiary/aromatic N) is 3. The fourth-order valence-electron chi connectivity index (χ4n) is 2.32. The Hall–Kier alpha value is -3.58. The number of halogens is 2. The summed E-state index contributed by atoms with van der Waals surface area (Å²) in [5.74, 6) is -1.35. The number of carbonyl (C=O) groups excluding carboxylic acids is 1. The molecule has 0 saturated heterocycles. The van der Waals surface area contributed by atoms with E-state index in [0.29, 0.717) is 0 Å². The number of aromatic nitrogens is 2. The molecule has 3 rings (SSSR count). The lowest BCUT2D eigenvalue weighted by molar-refractivity contribution is 0.102. The minimum atomic E-state index is -4.94. The Bertz CT molecular complexity index is 1180. The predicted octanol–water partition coefficient (Wildman–Crippen LogP) is 2.79. The first-order valence-electron chi connectivity index (χ1n) is 7.40. The fraction of sp³-hybridized carbons (Fsp3) is 0. The van der Waals surface area contributed by atoms with Gasteiger partial charge in [-0.3, -0.25) is 4.79 Å². The highest BCUT2D eigenvalue weighted by atomic mass is 32.3. The molecule has 1 aromatic heterocycles. The van der Waals surface area contributed by atoms with Crippen LogP contribution in [0.5, 0.6) is 0 Å². The standard InChI is InChI=1S/C17H10F2N4O3S/c18-14-5-2-6-15(13(14)10-20)23-8-7-16(22-23)21-17(24)11-3-1-4-12(9-11)27(19,25)26/h1-9H,(H,21,22,24). The molecule has 10 heteroatoms. The molecule has 3 aromatic rings. The highest BCUT2D eigenvalue weighted by molar-refractivity contribution is 7.86. The second-order valence-corrected chi connectivity index (χ2v) is 6.66. The first-order valence-corrected chi connectivity index (χ1v) is 8.78. The number of benzene rings is 2. The van der Waals surface area contributed by atoms with Crippen molar-refractivity contribution >= 4 is 21.9 Å². The lowest BCUT2D eigenvalue weighted by atomic mass is 10.2. The van der Waals surface area contributed by atoms with Crippen molar-refractivity contribution in [3.05, 3.63) is 71.7 Å². The molecule has 0 radical (unpaired) electrons. The van der Waals surface area contributed by atoms with Gasteiger partial charge in [-0.05, 0) is 30.3 Å². The van der Waals surface area contributed by atoms with Gasteiger partial charge in [-0.2, -0.15) is 18.8 Å². The number of anilines is 1. The van der Waals surface area contributed by atoms with Crippen molar-refractivity contribution in [2.24, 2.45) is 0 Å². The third-order valence-electron chi connectivity index (χ3n) is 3.56. The third kappa shape index (κ3) is 3.83. The summed E-state index contributed by atoms with van der Waals surface area (Å²) in [5, 5.41) is 15.5. The molecular formula is C17H10F2N4O3S. The third-order valence-corrected chi connectivity index (χ3v) is 4.38. The van der Waals surface area contributed by atoms with Gasteiger partial charge in [0.25, 0.3) is 5.91 Å². The van der Waals surface area contributed by atoms with Crippen LogP contribution in [0.1, 0.15) is 15.9 Å². The van der Waals surface area contributed by atoms with Gasteiger partial charge in [0, 0.05) is 17.8 Å². The van der Waals surface area contributed by atoms with E-state index < -0.39 is 26.8 Å². The largest absolute Gasteiger partial charge is 0.332 e. The summed E-state index contributed by atoms with van der Waals surface area (Å²) in [4.78, 5) is 11.6. The van der Waals surface area contributed by atoms with Gasteiger partial charge in [0.2, 0.25) is 0 Å². The average Bonchev–Trinajstić information content (AvgIpc) is 3.09. The van der Waals surface area contributed by atoms with Crippen molar-refractivity contribution in [1.82, 2.24) is 9.78 Å². The van der Waals surface area contributed by atoms with Crippen molar-refractivity contribution < 1.29 is 21.5 Å². The number of hydrogen-bond acceptors (Lipinski definition) is 5. The zero-order chi connectivity index (χ0) is 19.6. The quantitative estimate of drug-likeness (QED) is 0.692. The molecule has 0 atom stereocenters. The first-order chi connectivity index (χ1) is 12.8. The summed E-state index contributed by atoms with van der Waals surface area (Å²) in [5.41, 5.74) is -0.116. The maximum absolute atomic E-state index is 13.7. The predicted molar refractivity (Wildman–Crippen MR) is 90.9 cm³/mol. The molecular weight excluding hydrogens is 378 g/mol. The van der Waals surface area contributed by atoms with Crippen LogP contribution in [-0.2, 0) is 10.2 Å². The molecule has 1 amide bonds. The summed E-state index contributed by atoms with van der Waals surface area (Å²) in [6, 6.07) is 11.6. The van der Waals surface area contributed by atoms with E-state index in [1.807, 2.05) is 0 Å². The molecule has 136 valence electrons. The molecule has 1 N–H and O–H groups in total. The Balaban J connectivity index is 1.86. The van der Waals surface area contributed by atoms with E-state index in [-0.39, 0.29) is 22.6 Å². The van der Waals surface area contributed by atoms with Crippen LogP contribution in [0.2, 0.25) is 0 Å². The first kappa shape index (κ1) is 18.2. The van der Waals surface area contributed by atoms with Gasteiger partial charge in [0.1, 0.15) is 17.4 Å². The van der Waals surface area contributed by atoms with E-state index in [2.05, 4.69) is 10.4 Å². The van der Waals surface area contributed by atoms with Gasteiger partial charge in [0.05, 0.1) is 10.6 Å². The van der Waals surface area contributed by atoms with Crippen molar-refractivity contribution in [2.75, 3.05) is 5.32 Å². The van der Waals surface area contributed by atoms with Gasteiger partial charge < -0.3 is 5.32 Å². The molecule has 0 saturated carbocycles. The van der Waals surface area contributed by atoms with Gasteiger partial charge >= 0.3 is 10.2 Å². The van der Waals surface area contributed by atoms with Crippen molar-refractivity contribution in [3.63, 3.8) is 0 Å². The summed E-state index contributed by atoms with van der Waals surface area (Å²) >= 11 is 0. The Morgan fingerprint density at radius 2 is 1.93 bits per heavy atom. The minimum absolute atomic E-state index is 0.0710. The number of hydrogen-bond donors (Lipinski definition) is 1. The highest BCUT2D eigenvalue weighted by Gasteiger charge is 2.16. The summed E-state index contributed by atoms with van der Waals surface area (Å²) in [6.07, 6.45) is 1.41. The fourth-order valence-corrected chi connectivity index (χ4v) is 2.83. The number of amides is 1. The Morgan fingerprint density at radius 1 is 1.19 bits per heavy atom. The van der Waals surface area contributed by atoms with Crippen LogP contribution < -0.4 is 5.32 Å². The molecule has 0 aliphatic rings. The molecule has 7 nitrogen and oxygen atoms in total. The van der Waals surface area contributed by atoms with Crippen LogP contribution in [0, 0.1) is 17.1 Å². The number of nitrogens with one attached hydrogen (secondary N) is 1. The van der Waals surface area contributed by atoms with Crippen molar-refractivity contribution in [3.8, 4) is 11.8 Å². The van der Waals surface area contributed by atoms with Crippen LogP contribution in [0.4, 0.5) is 14.1 Å². The number of nitriles is 1. The molecule has 0 unspecified atom stereocenters. The molecule has 0 spiro atoms. The average molecular weight is 388 g/mol. The van der Waals surface area contributed by atoms with Crippen molar-refractivity contribution in [2.45, 2.75) is 4.90 Å². The summed E-state index contributed by atoms with van der Waals surface area (Å²) in [6.45, 7) is 0. The summed E-state index contributed by atoms with van der Waals surface area (Å²) in [7, 11) is -4.94. The van der Waals surface area contributed by atoms with E-state index in [9.17, 15) is 21.5 Å². The second kappa shape index (κ2) is 6.97. The monoisotopic (exact) mass is 388 g/mol. The van der Waals surface area contributed by atoms with E-state index in [0.717, 1.165) is 18.2 Å². The lowest BCUT2D eigenvalue weighted by Crippen LogP contribution is -2.13. The Morgan fingerprint density at radius 3 is 2.63 bits per heavy atom. The topological polar surface area (TPSA) is 105 Å². The van der Waals surface area contributed by atoms with E-state index in [1.54, 1.807) is 6.07 Å². The van der Waals surface area contributed by atoms with E-state index in [4.69, 9.17) is 5.26 Å². The van der Waals surface area contributed by atoms with Crippen LogP contribution in [-0.4, -0.2) is 24.1 Å². The minimum Gasteiger partial charge on any atom is -0.305 e. The van der Waals surface area contributed by atoms with Gasteiger partial charge in [0.15, 0.2) is 5.82 Å². The van der Waals surface area contributed by atoms with E-state index >= 15 is 0 Å². The van der Waals surface area contributed by atoms with Gasteiger partial charge in [-0.1, -0.05) is 12.1 Å². The summed E-state index contributed by atoms with van der Waals surface area (Å²) < 4.78 is 49.8. The zero-order valence-corrected chi connectivity index (χ0v) is 14.2. The molecule has 1 heterocycles. The maximum Gasteiger partial charge on any atom is 0.332 e. The normalized spacial score (nSPS) is 11.0. The highest BCUT2D eigenvalue weighted by Crippen LogP contribution is 2.19. The van der Waals surface area contributed by atoms with Crippen molar-refractivity contribution in [1.29, 1.82) is 5.26 Å². The van der Waals surface area contributed by atoms with Crippen LogP contribution in [0.3, 0.4) is 0 Å². The molecule has 0 aliphatic heterocycles. The van der Waals surface area contributed by atoms with Gasteiger partial charge in [-0.15, -0.1) is 3.89 Å². The number of carbonyl (C=O) groups is 1. The molecule has 2 aromatic carbocycles. The van der Waals surface area contributed by atoms with Crippen LogP contribution in [0.25, 0.3) is 5.69 Å². The van der Waals surface area contributed by atoms with Crippen LogP contribution in [0.15, 0.2) is 59.6 Å². The maximum atomic E-state index is 13.7. The van der Waals surface area contributed by atoms with E-state index in [1.165, 1.54) is 41.2 Å². The Labute approximate surface area is 152 Å². The lowest BCUT2D eigenvalue weighted by Gasteiger charge is -2.05. The smallest absolute Gasteiger partial charge is 0.305 e. The SMILES string of the molecule is N#Cc1c(F)cccc1-n1ccc(NC(=O)c2cccc(S(=O)(=O)F)c2)n1. The molecule has 0 aliphatic carbocycles. The van der Waals surface area contributed by atoms with Crippen LogP contribution >= 0.6 is 0 Å². The second-order valence-electron chi connectivity index (χ2n) is 5.31. The molecule has 0 fully saturated rings. The molecule has 27 heavy (non-hydrogen) atoms. The Kier molecular flexibility index (Phi) is 4.70. The number of rotatable bonds is 4. The zero-order valence-electron chi connectivity index (χ0n) is 13.4.